The molecule has 4 heteroatoms. The molecule has 0 unspecified atom stereocenters. The Balaban J connectivity index is 1.91. The van der Waals surface area contributed by atoms with Crippen molar-refractivity contribution in [2.24, 2.45) is 5.92 Å². The van der Waals surface area contributed by atoms with Crippen LogP contribution in [0.1, 0.15) is 18.9 Å². The standard InChI is InChI=1S/C16H21NO3/c1-3-7-13(2)11-20-17-15(12-19-16(17)18)10-14-8-5-4-6-9-14/h3-6,8-9,13,15H,1,7,10-12H2,2H3/t13-,15+/m1/s1. The maximum Gasteiger partial charge on any atom is 0.434 e. The van der Waals surface area contributed by atoms with Crippen molar-refractivity contribution in [1.82, 2.24) is 5.06 Å². The van der Waals surface area contributed by atoms with Crippen LogP contribution in [0, 0.1) is 5.92 Å². The largest absolute Gasteiger partial charge is 0.446 e. The van der Waals surface area contributed by atoms with Gasteiger partial charge in [0.1, 0.15) is 12.6 Å². The quantitative estimate of drug-likeness (QED) is 0.717. The highest BCUT2D eigenvalue weighted by Gasteiger charge is 2.34. The van der Waals surface area contributed by atoms with Crippen LogP contribution in [-0.4, -0.2) is 30.4 Å². The van der Waals surface area contributed by atoms with Crippen molar-refractivity contribution in [1.29, 1.82) is 0 Å². The van der Waals surface area contributed by atoms with Crippen LogP contribution in [0.5, 0.6) is 0 Å². The zero-order chi connectivity index (χ0) is 14.4. The molecule has 108 valence electrons. The molecular formula is C16H21NO3. The lowest BCUT2D eigenvalue weighted by molar-refractivity contribution is -0.140. The summed E-state index contributed by atoms with van der Waals surface area (Å²) >= 11 is 0. The zero-order valence-corrected chi connectivity index (χ0v) is 11.8. The molecule has 1 aliphatic rings. The fraction of sp³-hybridized carbons (Fsp3) is 0.438. The van der Waals surface area contributed by atoms with E-state index in [9.17, 15) is 4.79 Å². The van der Waals surface area contributed by atoms with Gasteiger partial charge < -0.3 is 4.74 Å². The lowest BCUT2D eigenvalue weighted by atomic mass is 10.1. The summed E-state index contributed by atoms with van der Waals surface area (Å²) in [6, 6.07) is 9.99. The van der Waals surface area contributed by atoms with Crippen LogP contribution >= 0.6 is 0 Å². The lowest BCUT2D eigenvalue weighted by Gasteiger charge is -2.22. The van der Waals surface area contributed by atoms with E-state index in [-0.39, 0.29) is 6.04 Å². The first-order valence-corrected chi connectivity index (χ1v) is 6.94. The van der Waals surface area contributed by atoms with E-state index in [1.165, 1.54) is 10.6 Å². The highest BCUT2D eigenvalue weighted by molar-refractivity contribution is 5.68. The number of amides is 1. The van der Waals surface area contributed by atoms with Gasteiger partial charge in [0.25, 0.3) is 0 Å². The Morgan fingerprint density at radius 3 is 2.95 bits per heavy atom. The highest BCUT2D eigenvalue weighted by atomic mass is 16.7. The Bertz CT molecular complexity index is 446. The summed E-state index contributed by atoms with van der Waals surface area (Å²) in [7, 11) is 0. The average Bonchev–Trinajstić information content (AvgIpc) is 2.79. The van der Waals surface area contributed by atoms with Crippen LogP contribution in [0.15, 0.2) is 43.0 Å². The molecule has 1 aliphatic heterocycles. The van der Waals surface area contributed by atoms with Crippen LogP contribution in [0.2, 0.25) is 0 Å². The van der Waals surface area contributed by atoms with Gasteiger partial charge in [-0.15, -0.1) is 6.58 Å². The zero-order valence-electron chi connectivity index (χ0n) is 11.8. The van der Waals surface area contributed by atoms with Gasteiger partial charge in [0.05, 0.1) is 6.61 Å². The third-order valence-electron chi connectivity index (χ3n) is 3.29. The summed E-state index contributed by atoms with van der Waals surface area (Å²) in [6.45, 7) is 6.64. The van der Waals surface area contributed by atoms with Crippen LogP contribution < -0.4 is 0 Å². The second kappa shape index (κ2) is 7.10. The van der Waals surface area contributed by atoms with Crippen molar-refractivity contribution in [2.75, 3.05) is 13.2 Å². The second-order valence-electron chi connectivity index (χ2n) is 5.17. The van der Waals surface area contributed by atoms with Crippen LogP contribution in [-0.2, 0) is 16.0 Å². The second-order valence-corrected chi connectivity index (χ2v) is 5.17. The Morgan fingerprint density at radius 1 is 1.50 bits per heavy atom. The number of nitrogens with zero attached hydrogens (tertiary/aromatic N) is 1. The van der Waals surface area contributed by atoms with Gasteiger partial charge in [0.2, 0.25) is 0 Å². The summed E-state index contributed by atoms with van der Waals surface area (Å²) in [5.41, 5.74) is 1.17. The summed E-state index contributed by atoms with van der Waals surface area (Å²) in [6.07, 6.45) is 3.07. The number of allylic oxidation sites excluding steroid dienone is 1. The highest BCUT2D eigenvalue weighted by Crippen LogP contribution is 2.18. The molecule has 1 aromatic carbocycles. The van der Waals surface area contributed by atoms with Gasteiger partial charge in [0, 0.05) is 0 Å². The average molecular weight is 275 g/mol. The van der Waals surface area contributed by atoms with Gasteiger partial charge in [-0.1, -0.05) is 43.3 Å². The number of rotatable bonds is 7. The van der Waals surface area contributed by atoms with Gasteiger partial charge in [-0.05, 0) is 24.3 Å². The fourth-order valence-corrected chi connectivity index (χ4v) is 2.19. The first-order chi connectivity index (χ1) is 9.70. The molecule has 0 saturated carbocycles. The van der Waals surface area contributed by atoms with E-state index in [2.05, 4.69) is 13.5 Å². The van der Waals surface area contributed by atoms with Gasteiger partial charge in [-0.3, -0.25) is 4.84 Å². The molecule has 0 aliphatic carbocycles. The number of hydroxylamine groups is 2. The molecule has 1 fully saturated rings. The van der Waals surface area contributed by atoms with Crippen LogP contribution in [0.25, 0.3) is 0 Å². The maximum absolute atomic E-state index is 11.7. The normalized spacial score (nSPS) is 19.8. The topological polar surface area (TPSA) is 38.8 Å². The van der Waals surface area contributed by atoms with E-state index in [1.54, 1.807) is 0 Å². The number of carbonyl (C=O) groups is 1. The van der Waals surface area contributed by atoms with Crippen LogP contribution in [0.3, 0.4) is 0 Å². The first-order valence-electron chi connectivity index (χ1n) is 6.94. The first kappa shape index (κ1) is 14.6. The molecule has 1 saturated heterocycles. The van der Waals surface area contributed by atoms with Crippen molar-refractivity contribution < 1.29 is 14.4 Å². The van der Waals surface area contributed by atoms with Crippen molar-refractivity contribution in [3.8, 4) is 0 Å². The van der Waals surface area contributed by atoms with E-state index >= 15 is 0 Å². The molecule has 2 atom stereocenters. The van der Waals surface area contributed by atoms with E-state index in [1.807, 2.05) is 36.4 Å². The molecular weight excluding hydrogens is 254 g/mol. The SMILES string of the molecule is C=CC[C@@H](C)CON1C(=O)OC[C@@H]1Cc1ccccc1. The van der Waals surface area contributed by atoms with Crippen molar-refractivity contribution in [2.45, 2.75) is 25.8 Å². The van der Waals surface area contributed by atoms with Crippen LogP contribution in [0.4, 0.5) is 4.79 Å². The number of benzene rings is 1. The third-order valence-corrected chi connectivity index (χ3v) is 3.29. The Morgan fingerprint density at radius 2 is 2.25 bits per heavy atom. The number of ether oxygens (including phenoxy) is 1. The minimum absolute atomic E-state index is 0.0548. The van der Waals surface area contributed by atoms with Gasteiger partial charge >= 0.3 is 6.09 Å². The molecule has 1 aromatic rings. The predicted octanol–water partition coefficient (Wildman–Crippen LogP) is 3.19. The van der Waals surface area contributed by atoms with Crippen molar-refractivity contribution in [3.63, 3.8) is 0 Å². The molecule has 4 nitrogen and oxygen atoms in total. The van der Waals surface area contributed by atoms with E-state index < -0.39 is 6.09 Å². The van der Waals surface area contributed by atoms with Crippen molar-refractivity contribution >= 4 is 6.09 Å². The molecule has 0 N–H and O–H groups in total. The monoisotopic (exact) mass is 275 g/mol. The number of cyclic esters (lactones) is 1. The third kappa shape index (κ3) is 3.84. The number of hydrogen-bond donors (Lipinski definition) is 0. The molecule has 0 radical (unpaired) electrons. The minimum Gasteiger partial charge on any atom is -0.446 e. The summed E-state index contributed by atoms with van der Waals surface area (Å²) < 4.78 is 5.08. The molecule has 0 spiro atoms. The van der Waals surface area contributed by atoms with Gasteiger partial charge in [-0.2, -0.15) is 5.06 Å². The van der Waals surface area contributed by atoms with E-state index in [0.29, 0.717) is 19.1 Å². The van der Waals surface area contributed by atoms with E-state index in [4.69, 9.17) is 9.57 Å². The summed E-state index contributed by atoms with van der Waals surface area (Å²) in [4.78, 5) is 17.3. The Labute approximate surface area is 119 Å². The Hall–Kier alpha value is -1.81. The number of hydrogen-bond acceptors (Lipinski definition) is 3. The lowest BCUT2D eigenvalue weighted by Crippen LogP contribution is -2.36. The molecule has 20 heavy (non-hydrogen) atoms. The van der Waals surface area contributed by atoms with Gasteiger partial charge in [-0.25, -0.2) is 4.79 Å². The predicted molar refractivity (Wildman–Crippen MR) is 77.1 cm³/mol. The molecule has 2 rings (SSSR count). The maximum atomic E-state index is 11.7. The number of carbonyl (C=O) groups excluding carboxylic acids is 1. The fourth-order valence-electron chi connectivity index (χ4n) is 2.19. The molecule has 0 aromatic heterocycles. The smallest absolute Gasteiger partial charge is 0.434 e. The molecule has 1 amide bonds. The summed E-state index contributed by atoms with van der Waals surface area (Å²) in [5.74, 6) is 0.332. The molecule has 1 heterocycles. The minimum atomic E-state index is -0.392. The molecule has 0 bridgehead atoms. The summed E-state index contributed by atoms with van der Waals surface area (Å²) in [5, 5.41) is 1.38. The van der Waals surface area contributed by atoms with Crippen molar-refractivity contribution in [3.05, 3.63) is 48.6 Å². The van der Waals surface area contributed by atoms with Gasteiger partial charge in [0.15, 0.2) is 0 Å². The Kier molecular flexibility index (Phi) is 5.18. The van der Waals surface area contributed by atoms with E-state index in [0.717, 1.165) is 12.8 Å².